The number of primary sulfonamides is 1. The number of hydrogen-bond donors (Lipinski definition) is 3. The van der Waals surface area contributed by atoms with E-state index in [9.17, 15) is 21.6 Å². The third-order valence-electron chi connectivity index (χ3n) is 3.96. The van der Waals surface area contributed by atoms with E-state index in [0.717, 1.165) is 0 Å². The lowest BCUT2D eigenvalue weighted by atomic mass is 10.2. The largest absolute Gasteiger partial charge is 0.408 e. The number of halogens is 3. The van der Waals surface area contributed by atoms with Gasteiger partial charge in [-0.2, -0.15) is 13.2 Å². The van der Waals surface area contributed by atoms with E-state index in [1.807, 2.05) is 0 Å². The fraction of sp³-hybridized carbons (Fsp3) is 0.286. The van der Waals surface area contributed by atoms with Crippen LogP contribution < -0.4 is 15.8 Å². The first-order valence-electron chi connectivity index (χ1n) is 9.68. The zero-order valence-corrected chi connectivity index (χ0v) is 19.0. The van der Waals surface area contributed by atoms with E-state index in [1.165, 1.54) is 19.2 Å². The van der Waals surface area contributed by atoms with Crippen LogP contribution in [0.1, 0.15) is 5.56 Å². The molecular formula is C21H23F3N6O3S. The van der Waals surface area contributed by atoms with E-state index < -0.39 is 22.7 Å². The lowest BCUT2D eigenvalue weighted by Gasteiger charge is -2.16. The van der Waals surface area contributed by atoms with E-state index in [0.29, 0.717) is 5.56 Å². The standard InChI is InChI=1S/C21H23F3N6O3S/c1-15-19(28-14-21(22,23)24)30-20(26-11-3-5-17(29-15)6-4-12-33-2)27-13-16-7-9-18(10-8-16)34(25,31)32/h3,5,7-10H,1,11-14H2,2H3,(H2,25,31,32)(H2,26,27,28,30)/b5-3-,29-17?. The molecule has 0 saturated carbocycles. The van der Waals surface area contributed by atoms with Gasteiger partial charge in [-0.25, -0.2) is 23.5 Å². The first kappa shape index (κ1) is 26.8. The Morgan fingerprint density at radius 1 is 1.32 bits per heavy atom. The fourth-order valence-corrected chi connectivity index (χ4v) is 2.93. The van der Waals surface area contributed by atoms with Gasteiger partial charge in [-0.15, -0.1) is 0 Å². The van der Waals surface area contributed by atoms with Crippen molar-refractivity contribution in [1.82, 2.24) is 10.6 Å². The summed E-state index contributed by atoms with van der Waals surface area (Å²) in [5.41, 5.74) is 0.848. The van der Waals surface area contributed by atoms with Crippen LogP contribution in [-0.2, 0) is 21.3 Å². The van der Waals surface area contributed by atoms with Gasteiger partial charge >= 0.3 is 6.18 Å². The van der Waals surface area contributed by atoms with Crippen molar-refractivity contribution in [3.63, 3.8) is 0 Å². The molecule has 1 aliphatic rings. The number of benzene rings is 1. The van der Waals surface area contributed by atoms with Gasteiger partial charge in [0, 0.05) is 13.7 Å². The average Bonchev–Trinajstić information content (AvgIpc) is 2.75. The number of guanidine groups is 1. The monoisotopic (exact) mass is 496 g/mol. The lowest BCUT2D eigenvalue weighted by Crippen LogP contribution is -2.42. The Morgan fingerprint density at radius 3 is 2.65 bits per heavy atom. The van der Waals surface area contributed by atoms with Gasteiger partial charge in [0.2, 0.25) is 10.0 Å². The molecular weight excluding hydrogens is 473 g/mol. The van der Waals surface area contributed by atoms with Crippen LogP contribution in [0.15, 0.2) is 68.6 Å². The van der Waals surface area contributed by atoms with Crippen LogP contribution in [0, 0.1) is 11.8 Å². The summed E-state index contributed by atoms with van der Waals surface area (Å²) in [6.45, 7) is 2.73. The molecule has 0 saturated heterocycles. The van der Waals surface area contributed by atoms with Crippen LogP contribution in [0.3, 0.4) is 0 Å². The normalized spacial score (nSPS) is 17.1. The van der Waals surface area contributed by atoms with Crippen LogP contribution in [-0.4, -0.2) is 58.9 Å². The van der Waals surface area contributed by atoms with Crippen molar-refractivity contribution in [3.05, 3.63) is 54.3 Å². The van der Waals surface area contributed by atoms with E-state index >= 15 is 0 Å². The van der Waals surface area contributed by atoms with Gasteiger partial charge in [0.15, 0.2) is 11.8 Å². The first-order chi connectivity index (χ1) is 16.0. The van der Waals surface area contributed by atoms with Crippen molar-refractivity contribution < 1.29 is 26.3 Å². The second kappa shape index (κ2) is 12.1. The number of amidine groups is 1. The Morgan fingerprint density at radius 2 is 2.03 bits per heavy atom. The molecule has 2 rings (SSSR count). The minimum Gasteiger partial charge on any atom is -0.372 e. The summed E-state index contributed by atoms with van der Waals surface area (Å²) in [4.78, 5) is 12.0. The second-order valence-electron chi connectivity index (χ2n) is 6.72. The van der Waals surface area contributed by atoms with Gasteiger partial charge in [0.05, 0.1) is 17.1 Å². The van der Waals surface area contributed by atoms with Crippen molar-refractivity contribution >= 4 is 27.5 Å². The highest BCUT2D eigenvalue weighted by atomic mass is 32.2. The highest BCUT2D eigenvalue weighted by Gasteiger charge is 2.27. The maximum Gasteiger partial charge on any atom is 0.408 e. The third kappa shape index (κ3) is 9.57. The van der Waals surface area contributed by atoms with E-state index in [4.69, 9.17) is 9.88 Å². The molecule has 0 radical (unpaired) electrons. The van der Waals surface area contributed by atoms with Crippen molar-refractivity contribution in [3.8, 4) is 11.8 Å². The van der Waals surface area contributed by atoms with Crippen molar-refractivity contribution in [1.29, 1.82) is 0 Å². The number of aliphatic imine (C=N–C) groups is 3. The highest BCUT2D eigenvalue weighted by Crippen LogP contribution is 2.15. The molecule has 1 aromatic rings. The number of ether oxygens (including phenoxy) is 1. The topological polar surface area (TPSA) is 131 Å². The second-order valence-corrected chi connectivity index (χ2v) is 8.28. The molecule has 34 heavy (non-hydrogen) atoms. The summed E-state index contributed by atoms with van der Waals surface area (Å²) in [5.74, 6) is 5.33. The van der Waals surface area contributed by atoms with E-state index in [-0.39, 0.29) is 47.8 Å². The molecule has 0 aliphatic carbocycles. The number of allylic oxidation sites excluding steroid dienone is 1. The molecule has 182 valence electrons. The SMILES string of the molecule is C=C1N=C(C#CCOC)/C=C\CN=C(NCc2ccc(S(N)(=O)=O)cc2)NC1=NCC(F)(F)F. The summed E-state index contributed by atoms with van der Waals surface area (Å²) < 4.78 is 66.0. The fourth-order valence-electron chi connectivity index (χ4n) is 2.42. The molecule has 4 N–H and O–H groups in total. The smallest absolute Gasteiger partial charge is 0.372 e. The van der Waals surface area contributed by atoms with Crippen LogP contribution in [0.2, 0.25) is 0 Å². The van der Waals surface area contributed by atoms with Crippen LogP contribution >= 0.6 is 0 Å². The molecule has 9 nitrogen and oxygen atoms in total. The van der Waals surface area contributed by atoms with Crippen LogP contribution in [0.25, 0.3) is 0 Å². The first-order valence-corrected chi connectivity index (χ1v) is 11.2. The maximum atomic E-state index is 12.8. The Kier molecular flexibility index (Phi) is 9.55. The summed E-state index contributed by atoms with van der Waals surface area (Å²) in [5, 5.41) is 10.7. The van der Waals surface area contributed by atoms with E-state index in [2.05, 4.69) is 44.0 Å². The predicted molar refractivity (Wildman–Crippen MR) is 124 cm³/mol. The Bertz CT molecular complexity index is 1170. The van der Waals surface area contributed by atoms with Gasteiger partial charge in [-0.1, -0.05) is 30.7 Å². The summed E-state index contributed by atoms with van der Waals surface area (Å²) >= 11 is 0. The van der Waals surface area contributed by atoms with Gasteiger partial charge in [-0.05, 0) is 29.7 Å². The molecule has 1 aliphatic heterocycles. The van der Waals surface area contributed by atoms with Gasteiger partial charge in [-0.3, -0.25) is 4.99 Å². The number of sulfonamides is 1. The molecule has 1 aromatic carbocycles. The molecule has 0 atom stereocenters. The van der Waals surface area contributed by atoms with Crippen LogP contribution in [0.4, 0.5) is 13.2 Å². The van der Waals surface area contributed by atoms with Crippen molar-refractivity contribution in [2.45, 2.75) is 17.6 Å². The predicted octanol–water partition coefficient (Wildman–Crippen LogP) is 1.50. The molecule has 1 heterocycles. The number of rotatable bonds is 5. The number of nitrogens with two attached hydrogens (primary N) is 1. The van der Waals surface area contributed by atoms with Crippen LogP contribution in [0.5, 0.6) is 0 Å². The molecule has 13 heteroatoms. The Balaban J connectivity index is 2.27. The number of alkyl halides is 3. The number of nitrogens with zero attached hydrogens (tertiary/aromatic N) is 3. The summed E-state index contributed by atoms with van der Waals surface area (Å²) in [6, 6.07) is 5.77. The minimum absolute atomic E-state index is 0.0457. The third-order valence-corrected chi connectivity index (χ3v) is 4.89. The lowest BCUT2D eigenvalue weighted by molar-refractivity contribution is -0.118. The molecule has 0 unspecified atom stereocenters. The van der Waals surface area contributed by atoms with Gasteiger partial charge in [0.1, 0.15) is 18.9 Å². The Labute approximate surface area is 195 Å². The minimum atomic E-state index is -4.54. The molecule has 0 amide bonds. The number of methoxy groups -OCH3 is 1. The molecule has 0 aromatic heterocycles. The molecule has 0 bridgehead atoms. The quantitative estimate of drug-likeness (QED) is 0.532. The van der Waals surface area contributed by atoms with Gasteiger partial charge < -0.3 is 15.4 Å². The maximum absolute atomic E-state index is 12.8. The van der Waals surface area contributed by atoms with Crippen molar-refractivity contribution in [2.75, 3.05) is 26.8 Å². The van der Waals surface area contributed by atoms with Crippen molar-refractivity contribution in [2.24, 2.45) is 20.1 Å². The molecule has 0 spiro atoms. The summed E-state index contributed by atoms with van der Waals surface area (Å²) in [6.07, 6.45) is -1.31. The van der Waals surface area contributed by atoms with Gasteiger partial charge in [0.25, 0.3) is 0 Å². The van der Waals surface area contributed by atoms with E-state index in [1.54, 1.807) is 24.3 Å². The number of nitrogens with one attached hydrogen (secondary N) is 2. The number of hydrogen-bond acceptors (Lipinski definition) is 7. The zero-order valence-electron chi connectivity index (χ0n) is 18.2. The summed E-state index contributed by atoms with van der Waals surface area (Å²) in [7, 11) is -2.35. The zero-order chi connectivity index (χ0) is 25.2. The average molecular weight is 497 g/mol. The highest BCUT2D eigenvalue weighted by molar-refractivity contribution is 7.89. The Hall–Kier alpha value is -3.47. The molecule has 0 fully saturated rings.